The summed E-state index contributed by atoms with van der Waals surface area (Å²) < 4.78 is 30.4. The molecule has 3 saturated heterocycles. The predicted molar refractivity (Wildman–Crippen MR) is 130 cm³/mol. The maximum atomic E-state index is 13.5. The molecule has 2 bridgehead atoms. The lowest BCUT2D eigenvalue weighted by atomic mass is 9.99. The van der Waals surface area contributed by atoms with Gasteiger partial charge in [0.1, 0.15) is 0 Å². The molecular formula is C23H32ClN5O4S. The third kappa shape index (κ3) is 4.35. The van der Waals surface area contributed by atoms with Gasteiger partial charge in [0.05, 0.1) is 17.0 Å². The number of carbonyl (C=O) groups is 2. The van der Waals surface area contributed by atoms with E-state index in [1.54, 1.807) is 20.7 Å². The van der Waals surface area contributed by atoms with Gasteiger partial charge >= 0.3 is 0 Å². The molecular weight excluding hydrogens is 478 g/mol. The predicted octanol–water partition coefficient (Wildman–Crippen LogP) is 1.83. The number of hydrogen-bond acceptors (Lipinski definition) is 5. The lowest BCUT2D eigenvalue weighted by Crippen LogP contribution is -2.57. The molecule has 186 valence electrons. The number of rotatable bonds is 5. The van der Waals surface area contributed by atoms with E-state index in [-0.39, 0.29) is 36.4 Å². The molecule has 34 heavy (non-hydrogen) atoms. The Morgan fingerprint density at radius 3 is 2.38 bits per heavy atom. The van der Waals surface area contributed by atoms with Gasteiger partial charge in [-0.2, -0.15) is 17.0 Å². The molecule has 0 saturated carbocycles. The van der Waals surface area contributed by atoms with Crippen molar-refractivity contribution >= 4 is 39.3 Å². The van der Waals surface area contributed by atoms with Gasteiger partial charge in [-0.3, -0.25) is 9.59 Å². The summed E-state index contributed by atoms with van der Waals surface area (Å²) in [6, 6.07) is 3.41. The molecule has 0 spiro atoms. The van der Waals surface area contributed by atoms with Crippen molar-refractivity contribution in [2.45, 2.75) is 69.1 Å². The second-order valence-electron chi connectivity index (χ2n) is 10.2. The summed E-state index contributed by atoms with van der Waals surface area (Å²) in [6.45, 7) is 1.10. The van der Waals surface area contributed by atoms with E-state index in [0.717, 1.165) is 31.2 Å². The van der Waals surface area contributed by atoms with Crippen molar-refractivity contribution in [3.8, 4) is 0 Å². The van der Waals surface area contributed by atoms with Crippen LogP contribution >= 0.6 is 11.6 Å². The summed E-state index contributed by atoms with van der Waals surface area (Å²) in [5.74, 6) is -0.390. The van der Waals surface area contributed by atoms with Crippen LogP contribution in [0.3, 0.4) is 0 Å². The van der Waals surface area contributed by atoms with E-state index in [4.69, 9.17) is 11.6 Å². The van der Waals surface area contributed by atoms with E-state index in [1.165, 1.54) is 0 Å². The van der Waals surface area contributed by atoms with Crippen molar-refractivity contribution in [1.82, 2.24) is 18.8 Å². The molecule has 1 aromatic rings. The number of amides is 2. The molecule has 0 unspecified atom stereocenters. The topological polar surface area (TPSA) is 102 Å². The maximum absolute atomic E-state index is 13.5. The van der Waals surface area contributed by atoms with Gasteiger partial charge in [-0.1, -0.05) is 11.6 Å². The van der Waals surface area contributed by atoms with Crippen LogP contribution in [-0.4, -0.2) is 85.1 Å². The quantitative estimate of drug-likeness (QED) is 0.630. The summed E-state index contributed by atoms with van der Waals surface area (Å²) in [4.78, 5) is 26.8. The summed E-state index contributed by atoms with van der Waals surface area (Å²) in [5.41, 5.74) is 1.76. The molecule has 2 amide bonds. The highest BCUT2D eigenvalue weighted by Gasteiger charge is 2.49. The summed E-state index contributed by atoms with van der Waals surface area (Å²) >= 11 is 6.33. The number of halogens is 1. The number of fused-ring (bicyclic) bond motifs is 3. The zero-order valence-electron chi connectivity index (χ0n) is 19.6. The van der Waals surface area contributed by atoms with Gasteiger partial charge in [0.15, 0.2) is 0 Å². The van der Waals surface area contributed by atoms with Gasteiger partial charge < -0.3 is 15.5 Å². The third-order valence-electron chi connectivity index (χ3n) is 7.81. The van der Waals surface area contributed by atoms with Crippen LogP contribution in [0.1, 0.15) is 54.4 Å². The van der Waals surface area contributed by atoms with Crippen molar-refractivity contribution in [2.24, 2.45) is 0 Å². The highest BCUT2D eigenvalue weighted by Crippen LogP contribution is 2.39. The third-order valence-corrected chi connectivity index (χ3v) is 10.3. The van der Waals surface area contributed by atoms with Gasteiger partial charge in [0.2, 0.25) is 5.91 Å². The van der Waals surface area contributed by atoms with Crippen molar-refractivity contribution < 1.29 is 18.0 Å². The number of anilines is 1. The van der Waals surface area contributed by atoms with Crippen LogP contribution in [0.5, 0.6) is 0 Å². The fourth-order valence-corrected chi connectivity index (χ4v) is 8.36. The van der Waals surface area contributed by atoms with Crippen LogP contribution < -0.4 is 10.6 Å². The van der Waals surface area contributed by atoms with Crippen molar-refractivity contribution in [3.05, 3.63) is 28.3 Å². The molecule has 11 heteroatoms. The van der Waals surface area contributed by atoms with Gasteiger partial charge in [-0.05, 0) is 70.3 Å². The molecule has 0 aromatic heterocycles. The average Bonchev–Trinajstić information content (AvgIpc) is 3.29. The SMILES string of the molecule is CN(C)C1CCN(S(=O)(=O)N2[C@@H]3CC[C@H]2C[C@H](NC(=O)c2cc4c(cc2Cl)NC(=O)C4)C3)CC1. The number of nitrogens with one attached hydrogen (secondary N) is 2. The van der Waals surface area contributed by atoms with E-state index in [2.05, 4.69) is 15.5 Å². The second kappa shape index (κ2) is 9.05. The second-order valence-corrected chi connectivity index (χ2v) is 12.4. The first kappa shape index (κ1) is 24.0. The van der Waals surface area contributed by atoms with E-state index in [1.807, 2.05) is 14.1 Å². The van der Waals surface area contributed by atoms with Crippen LogP contribution in [-0.2, 0) is 21.4 Å². The Labute approximate surface area is 206 Å². The van der Waals surface area contributed by atoms with Gasteiger partial charge in [-0.15, -0.1) is 0 Å². The van der Waals surface area contributed by atoms with E-state index < -0.39 is 10.2 Å². The summed E-state index contributed by atoms with van der Waals surface area (Å²) in [5, 5.41) is 6.11. The molecule has 5 rings (SSSR count). The van der Waals surface area contributed by atoms with Crippen LogP contribution in [0.25, 0.3) is 0 Å². The first-order chi connectivity index (χ1) is 16.1. The molecule has 3 atom stereocenters. The molecule has 1 aromatic carbocycles. The fraction of sp³-hybridized carbons (Fsp3) is 0.652. The van der Waals surface area contributed by atoms with E-state index in [9.17, 15) is 18.0 Å². The Morgan fingerprint density at radius 2 is 1.76 bits per heavy atom. The van der Waals surface area contributed by atoms with Crippen LogP contribution in [0.4, 0.5) is 5.69 Å². The molecule has 2 N–H and O–H groups in total. The Hall–Kier alpha value is -1.72. The van der Waals surface area contributed by atoms with E-state index in [0.29, 0.717) is 48.2 Å². The minimum absolute atomic E-state index is 0.0991. The normalized spacial score (nSPS) is 28.2. The molecule has 3 fully saturated rings. The number of benzene rings is 1. The molecule has 4 heterocycles. The number of nitrogens with zero attached hydrogens (tertiary/aromatic N) is 3. The van der Waals surface area contributed by atoms with Crippen molar-refractivity contribution in [2.75, 3.05) is 32.5 Å². The number of hydrogen-bond donors (Lipinski definition) is 2. The van der Waals surface area contributed by atoms with Gasteiger partial charge in [-0.25, -0.2) is 0 Å². The molecule has 0 aliphatic carbocycles. The first-order valence-corrected chi connectivity index (χ1v) is 13.8. The Bertz CT molecular complexity index is 1090. The Kier molecular flexibility index (Phi) is 6.39. The van der Waals surface area contributed by atoms with Gasteiger partial charge in [0.25, 0.3) is 16.1 Å². The molecule has 4 aliphatic rings. The highest BCUT2D eigenvalue weighted by atomic mass is 35.5. The largest absolute Gasteiger partial charge is 0.349 e. The monoisotopic (exact) mass is 509 g/mol. The van der Waals surface area contributed by atoms with E-state index >= 15 is 0 Å². The smallest absolute Gasteiger partial charge is 0.282 e. The lowest BCUT2D eigenvalue weighted by molar-refractivity contribution is -0.115. The molecule has 0 radical (unpaired) electrons. The van der Waals surface area contributed by atoms with Gasteiger partial charge in [0, 0.05) is 42.9 Å². The first-order valence-electron chi connectivity index (χ1n) is 12.0. The zero-order valence-corrected chi connectivity index (χ0v) is 21.2. The molecule has 4 aliphatic heterocycles. The van der Waals surface area contributed by atoms with Crippen molar-refractivity contribution in [1.29, 1.82) is 0 Å². The molecule has 9 nitrogen and oxygen atoms in total. The number of carbonyl (C=O) groups excluding carboxylic acids is 2. The summed E-state index contributed by atoms with van der Waals surface area (Å²) in [6.07, 6.45) is 4.75. The lowest BCUT2D eigenvalue weighted by Gasteiger charge is -2.42. The Balaban J connectivity index is 1.24. The minimum atomic E-state index is -3.52. The van der Waals surface area contributed by atoms with Crippen LogP contribution in [0, 0.1) is 0 Å². The number of piperidine rings is 2. The zero-order chi connectivity index (χ0) is 24.2. The van der Waals surface area contributed by atoms with Crippen molar-refractivity contribution in [3.63, 3.8) is 0 Å². The standard InChI is InChI=1S/C23H32ClN5O4S/c1-27(2)16-5-7-28(8-6-16)34(32,33)29-17-3-4-18(29)12-15(11-17)25-23(31)19-9-14-10-22(30)26-21(14)13-20(19)24/h9,13,15-18H,3-8,10-12H2,1-2H3,(H,25,31)(H,26,30)/t15-,17-,18+. The Morgan fingerprint density at radius 1 is 1.12 bits per heavy atom. The maximum Gasteiger partial charge on any atom is 0.282 e. The fourth-order valence-electron chi connectivity index (χ4n) is 6.04. The average molecular weight is 510 g/mol. The van der Waals surface area contributed by atoms with Crippen LogP contribution in [0.2, 0.25) is 5.02 Å². The van der Waals surface area contributed by atoms with Crippen LogP contribution in [0.15, 0.2) is 12.1 Å². The highest BCUT2D eigenvalue weighted by molar-refractivity contribution is 7.86. The minimum Gasteiger partial charge on any atom is -0.349 e. The summed E-state index contributed by atoms with van der Waals surface area (Å²) in [7, 11) is 0.567.